The van der Waals surface area contributed by atoms with Gasteiger partial charge >= 0.3 is 0 Å². The summed E-state index contributed by atoms with van der Waals surface area (Å²) in [6, 6.07) is 0. The second-order valence-electron chi connectivity index (χ2n) is 3.64. The summed E-state index contributed by atoms with van der Waals surface area (Å²) in [7, 11) is 3.27. The Balaban J connectivity index is 0.000000184. The standard InChI is InChI=1S/C7H11NO2.C5H7NO2/c1-5-7(4-9-3)6(2)10-8-5;1-7-3-5-2-6-4-8-5/h4H2,1-3H3;2,4H,3H2,1H3. The minimum Gasteiger partial charge on any atom is -0.446 e. The number of hydrogen-bond donors (Lipinski definition) is 0. The van der Waals surface area contributed by atoms with Gasteiger partial charge in [-0.1, -0.05) is 5.16 Å². The number of hydrogen-bond acceptors (Lipinski definition) is 6. The molecule has 2 rings (SSSR count). The van der Waals surface area contributed by atoms with Crippen LogP contribution in [-0.4, -0.2) is 24.4 Å². The first-order chi connectivity index (χ1) is 8.69. The molecule has 0 bridgehead atoms. The highest BCUT2D eigenvalue weighted by Gasteiger charge is 2.06. The molecule has 0 amide bonds. The molecule has 0 atom stereocenters. The highest BCUT2D eigenvalue weighted by atomic mass is 16.5. The van der Waals surface area contributed by atoms with Gasteiger partial charge in [0, 0.05) is 19.8 Å². The first-order valence-electron chi connectivity index (χ1n) is 5.46. The molecule has 6 heteroatoms. The Morgan fingerprint density at radius 2 is 1.89 bits per heavy atom. The van der Waals surface area contributed by atoms with Gasteiger partial charge in [0.25, 0.3) is 0 Å². The molecule has 0 fully saturated rings. The smallest absolute Gasteiger partial charge is 0.180 e. The molecule has 2 aromatic heterocycles. The topological polar surface area (TPSA) is 70.5 Å². The molecule has 0 N–H and O–H groups in total. The van der Waals surface area contributed by atoms with Crippen molar-refractivity contribution in [1.82, 2.24) is 10.1 Å². The molecule has 0 saturated heterocycles. The second kappa shape index (κ2) is 7.62. The van der Waals surface area contributed by atoms with Crippen molar-refractivity contribution in [2.24, 2.45) is 0 Å². The Morgan fingerprint density at radius 1 is 1.17 bits per heavy atom. The van der Waals surface area contributed by atoms with Gasteiger partial charge in [0.1, 0.15) is 18.1 Å². The predicted octanol–water partition coefficient (Wildman–Crippen LogP) is 2.26. The van der Waals surface area contributed by atoms with Crippen LogP contribution in [0.1, 0.15) is 22.8 Å². The van der Waals surface area contributed by atoms with Crippen molar-refractivity contribution in [3.8, 4) is 0 Å². The van der Waals surface area contributed by atoms with Gasteiger partial charge in [-0.05, 0) is 13.8 Å². The van der Waals surface area contributed by atoms with Gasteiger partial charge in [0.05, 0.1) is 18.5 Å². The van der Waals surface area contributed by atoms with E-state index in [1.54, 1.807) is 20.4 Å². The molecule has 2 heterocycles. The average molecular weight is 254 g/mol. The molecule has 100 valence electrons. The average Bonchev–Trinajstić information content (AvgIpc) is 2.96. The van der Waals surface area contributed by atoms with Crippen LogP contribution in [0.5, 0.6) is 0 Å². The van der Waals surface area contributed by atoms with Crippen molar-refractivity contribution in [2.45, 2.75) is 27.1 Å². The summed E-state index contributed by atoms with van der Waals surface area (Å²) in [5.74, 6) is 1.60. The predicted molar refractivity (Wildman–Crippen MR) is 63.9 cm³/mol. The normalized spacial score (nSPS) is 10.0. The van der Waals surface area contributed by atoms with Crippen molar-refractivity contribution >= 4 is 0 Å². The molecule has 0 unspecified atom stereocenters. The number of rotatable bonds is 4. The zero-order valence-corrected chi connectivity index (χ0v) is 11.1. The lowest BCUT2D eigenvalue weighted by molar-refractivity contribution is 0.164. The fraction of sp³-hybridized carbons (Fsp3) is 0.500. The van der Waals surface area contributed by atoms with Gasteiger partial charge in [-0.25, -0.2) is 4.98 Å². The monoisotopic (exact) mass is 254 g/mol. The van der Waals surface area contributed by atoms with Crippen LogP contribution in [0.25, 0.3) is 0 Å². The van der Waals surface area contributed by atoms with Gasteiger partial charge in [0.2, 0.25) is 0 Å². The van der Waals surface area contributed by atoms with Crippen molar-refractivity contribution in [3.63, 3.8) is 0 Å². The van der Waals surface area contributed by atoms with Gasteiger partial charge in [0.15, 0.2) is 6.39 Å². The van der Waals surface area contributed by atoms with E-state index in [1.165, 1.54) is 6.39 Å². The van der Waals surface area contributed by atoms with E-state index in [-0.39, 0.29) is 0 Å². The van der Waals surface area contributed by atoms with E-state index in [1.807, 2.05) is 13.8 Å². The van der Waals surface area contributed by atoms with Gasteiger partial charge in [-0.15, -0.1) is 0 Å². The quantitative estimate of drug-likeness (QED) is 0.833. The van der Waals surface area contributed by atoms with E-state index in [2.05, 4.69) is 10.1 Å². The van der Waals surface area contributed by atoms with Crippen LogP contribution in [0.3, 0.4) is 0 Å². The number of ether oxygens (including phenoxy) is 2. The minimum absolute atomic E-state index is 0.500. The van der Waals surface area contributed by atoms with E-state index in [4.69, 9.17) is 18.4 Å². The molecule has 0 radical (unpaired) electrons. The molecule has 18 heavy (non-hydrogen) atoms. The summed E-state index contributed by atoms with van der Waals surface area (Å²) < 4.78 is 19.5. The van der Waals surface area contributed by atoms with Crippen LogP contribution in [-0.2, 0) is 22.7 Å². The Morgan fingerprint density at radius 3 is 2.33 bits per heavy atom. The van der Waals surface area contributed by atoms with Crippen LogP contribution in [0, 0.1) is 13.8 Å². The van der Waals surface area contributed by atoms with E-state index < -0.39 is 0 Å². The van der Waals surface area contributed by atoms with Gasteiger partial charge in [-0.3, -0.25) is 0 Å². The number of aromatic nitrogens is 2. The number of oxazole rings is 1. The van der Waals surface area contributed by atoms with Crippen LogP contribution >= 0.6 is 0 Å². The first-order valence-corrected chi connectivity index (χ1v) is 5.46. The van der Waals surface area contributed by atoms with Crippen molar-refractivity contribution in [1.29, 1.82) is 0 Å². The molecule has 0 aliphatic heterocycles. The van der Waals surface area contributed by atoms with Crippen LogP contribution in [0.15, 0.2) is 21.5 Å². The molecular weight excluding hydrogens is 236 g/mol. The molecule has 0 aromatic carbocycles. The molecule has 0 aliphatic rings. The summed E-state index contributed by atoms with van der Waals surface area (Å²) in [5, 5.41) is 3.78. The van der Waals surface area contributed by atoms with Crippen molar-refractivity contribution < 1.29 is 18.4 Å². The van der Waals surface area contributed by atoms with Crippen molar-refractivity contribution in [3.05, 3.63) is 35.4 Å². The number of aryl methyl sites for hydroxylation is 2. The lowest BCUT2D eigenvalue weighted by Gasteiger charge is -1.94. The SMILES string of the molecule is COCc1c(C)noc1C.COCc1cnco1. The van der Waals surface area contributed by atoms with Crippen LogP contribution in [0.2, 0.25) is 0 Å². The summed E-state index contributed by atoms with van der Waals surface area (Å²) in [4.78, 5) is 3.69. The summed E-state index contributed by atoms with van der Waals surface area (Å²) >= 11 is 0. The van der Waals surface area contributed by atoms with E-state index >= 15 is 0 Å². The highest BCUT2D eigenvalue weighted by Crippen LogP contribution is 2.12. The maximum atomic E-state index is 4.95. The summed E-state index contributed by atoms with van der Waals surface area (Å²) in [6.07, 6.45) is 3.01. The van der Waals surface area contributed by atoms with E-state index in [9.17, 15) is 0 Å². The maximum Gasteiger partial charge on any atom is 0.180 e. The maximum absolute atomic E-state index is 4.95. The Labute approximate surface area is 106 Å². The van der Waals surface area contributed by atoms with Crippen molar-refractivity contribution in [2.75, 3.05) is 14.2 Å². The third kappa shape index (κ3) is 4.31. The zero-order valence-electron chi connectivity index (χ0n) is 11.1. The molecular formula is C12H18N2O4. The molecule has 0 saturated carbocycles. The fourth-order valence-corrected chi connectivity index (χ4v) is 1.31. The third-order valence-electron chi connectivity index (χ3n) is 2.24. The number of nitrogens with zero attached hydrogens (tertiary/aromatic N) is 2. The molecule has 6 nitrogen and oxygen atoms in total. The Hall–Kier alpha value is -1.66. The zero-order chi connectivity index (χ0) is 13.4. The van der Waals surface area contributed by atoms with Gasteiger partial charge < -0.3 is 18.4 Å². The Bertz CT molecular complexity index is 417. The molecule has 2 aromatic rings. The Kier molecular flexibility index (Phi) is 6.10. The highest BCUT2D eigenvalue weighted by molar-refractivity contribution is 5.19. The lowest BCUT2D eigenvalue weighted by atomic mass is 10.2. The molecule has 0 aliphatic carbocycles. The third-order valence-corrected chi connectivity index (χ3v) is 2.24. The van der Waals surface area contributed by atoms with Crippen LogP contribution in [0.4, 0.5) is 0 Å². The largest absolute Gasteiger partial charge is 0.446 e. The van der Waals surface area contributed by atoms with E-state index in [0.717, 1.165) is 22.8 Å². The van der Waals surface area contributed by atoms with Crippen LogP contribution < -0.4 is 0 Å². The van der Waals surface area contributed by atoms with Gasteiger partial charge in [-0.2, -0.15) is 0 Å². The fourth-order valence-electron chi connectivity index (χ4n) is 1.31. The summed E-state index contributed by atoms with van der Waals surface area (Å²) in [5.41, 5.74) is 1.97. The molecule has 0 spiro atoms. The number of methoxy groups -OCH3 is 2. The first kappa shape index (κ1) is 14.4. The minimum atomic E-state index is 0.500. The second-order valence-corrected chi connectivity index (χ2v) is 3.64. The van der Waals surface area contributed by atoms with E-state index in [0.29, 0.717) is 13.2 Å². The lowest BCUT2D eigenvalue weighted by Crippen LogP contribution is -1.89. The summed E-state index contributed by atoms with van der Waals surface area (Å²) in [6.45, 7) is 4.88.